The minimum Gasteiger partial charge on any atom is -0.375 e. The number of carbonyl (C=O) groups is 1. The molecule has 1 amide bonds. The molecule has 19 heavy (non-hydrogen) atoms. The van der Waals surface area contributed by atoms with Gasteiger partial charge in [0.2, 0.25) is 10.0 Å². The molecule has 0 spiro atoms. The van der Waals surface area contributed by atoms with E-state index in [1.165, 1.54) is 11.3 Å². The monoisotopic (exact) mass is 300 g/mol. The molecule has 0 aliphatic rings. The van der Waals surface area contributed by atoms with Gasteiger partial charge in [0, 0.05) is 12.1 Å². The molecule has 0 saturated heterocycles. The number of nitrogen functional groups attached to an aromatic ring is 1. The van der Waals surface area contributed by atoms with Gasteiger partial charge in [-0.25, -0.2) is 18.5 Å². The van der Waals surface area contributed by atoms with E-state index in [0.717, 1.165) is 10.2 Å². The fourth-order valence-electron chi connectivity index (χ4n) is 1.49. The predicted molar refractivity (Wildman–Crippen MR) is 74.3 cm³/mol. The zero-order chi connectivity index (χ0) is 14.0. The van der Waals surface area contributed by atoms with Gasteiger partial charge in [-0.05, 0) is 18.2 Å². The molecule has 2 rings (SSSR count). The number of nitrogens with one attached hydrogen (secondary N) is 1. The highest BCUT2D eigenvalue weighted by Gasteiger charge is 2.09. The van der Waals surface area contributed by atoms with E-state index in [-0.39, 0.29) is 18.2 Å². The third-order valence-corrected chi connectivity index (χ3v) is 3.96. The third kappa shape index (κ3) is 3.63. The molecule has 5 N–H and O–H groups in total. The number of nitrogens with two attached hydrogens (primary N) is 2. The predicted octanol–water partition coefficient (Wildman–Crippen LogP) is -0.103. The Morgan fingerprint density at radius 2 is 2.16 bits per heavy atom. The number of aromatic nitrogens is 1. The van der Waals surface area contributed by atoms with Crippen molar-refractivity contribution in [2.45, 2.75) is 0 Å². The molecule has 1 aromatic heterocycles. The van der Waals surface area contributed by atoms with Crippen LogP contribution in [0.4, 0.5) is 5.13 Å². The first kappa shape index (κ1) is 13.7. The topological polar surface area (TPSA) is 128 Å². The summed E-state index contributed by atoms with van der Waals surface area (Å²) in [5.41, 5.74) is 6.72. The molecule has 0 saturated carbocycles. The normalized spacial score (nSPS) is 11.6. The highest BCUT2D eigenvalue weighted by atomic mass is 32.2. The maximum Gasteiger partial charge on any atom is 0.251 e. The first-order valence-electron chi connectivity index (χ1n) is 5.30. The van der Waals surface area contributed by atoms with Crippen molar-refractivity contribution in [1.29, 1.82) is 0 Å². The van der Waals surface area contributed by atoms with Crippen molar-refractivity contribution in [2.75, 3.05) is 18.0 Å². The summed E-state index contributed by atoms with van der Waals surface area (Å²) in [5, 5.41) is 7.75. The van der Waals surface area contributed by atoms with Crippen LogP contribution < -0.4 is 16.2 Å². The van der Waals surface area contributed by atoms with E-state index in [9.17, 15) is 13.2 Å². The molecule has 0 atom stereocenters. The van der Waals surface area contributed by atoms with Gasteiger partial charge < -0.3 is 11.1 Å². The molecule has 2 aromatic rings. The number of amides is 1. The summed E-state index contributed by atoms with van der Waals surface area (Å²) >= 11 is 1.28. The van der Waals surface area contributed by atoms with Crippen molar-refractivity contribution in [1.82, 2.24) is 10.3 Å². The van der Waals surface area contributed by atoms with Crippen LogP contribution in [0.25, 0.3) is 10.2 Å². The zero-order valence-electron chi connectivity index (χ0n) is 9.79. The Balaban J connectivity index is 2.08. The summed E-state index contributed by atoms with van der Waals surface area (Å²) in [5.74, 6) is -0.661. The summed E-state index contributed by atoms with van der Waals surface area (Å²) in [6.07, 6.45) is 0. The zero-order valence-corrected chi connectivity index (χ0v) is 11.4. The number of fused-ring (bicyclic) bond motifs is 1. The van der Waals surface area contributed by atoms with Crippen LogP contribution in [0.15, 0.2) is 18.2 Å². The Hall–Kier alpha value is -1.71. The minimum atomic E-state index is -3.57. The van der Waals surface area contributed by atoms with Crippen molar-refractivity contribution < 1.29 is 13.2 Å². The van der Waals surface area contributed by atoms with Crippen LogP contribution in [0.2, 0.25) is 0 Å². The van der Waals surface area contributed by atoms with Crippen molar-refractivity contribution >= 4 is 42.6 Å². The minimum absolute atomic E-state index is 0.0272. The van der Waals surface area contributed by atoms with Crippen molar-refractivity contribution in [3.05, 3.63) is 23.8 Å². The maximum absolute atomic E-state index is 11.8. The van der Waals surface area contributed by atoms with Crippen LogP contribution in [0.1, 0.15) is 10.4 Å². The van der Waals surface area contributed by atoms with E-state index in [4.69, 9.17) is 10.9 Å². The molecule has 1 heterocycles. The van der Waals surface area contributed by atoms with Crippen molar-refractivity contribution in [3.8, 4) is 0 Å². The van der Waals surface area contributed by atoms with Gasteiger partial charge in [-0.1, -0.05) is 11.3 Å². The van der Waals surface area contributed by atoms with E-state index in [2.05, 4.69) is 10.3 Å². The summed E-state index contributed by atoms with van der Waals surface area (Å²) in [4.78, 5) is 15.9. The number of carbonyl (C=O) groups excluding carboxylic acids is 1. The van der Waals surface area contributed by atoms with E-state index in [0.29, 0.717) is 10.7 Å². The second kappa shape index (κ2) is 5.11. The Morgan fingerprint density at radius 1 is 1.42 bits per heavy atom. The first-order valence-corrected chi connectivity index (χ1v) is 7.83. The smallest absolute Gasteiger partial charge is 0.251 e. The molecule has 0 bridgehead atoms. The van der Waals surface area contributed by atoms with Crippen LogP contribution in [0.5, 0.6) is 0 Å². The van der Waals surface area contributed by atoms with Gasteiger partial charge in [0.05, 0.1) is 16.0 Å². The number of rotatable bonds is 4. The van der Waals surface area contributed by atoms with Crippen LogP contribution >= 0.6 is 11.3 Å². The van der Waals surface area contributed by atoms with Crippen LogP contribution in [-0.2, 0) is 10.0 Å². The molecule has 0 aliphatic heterocycles. The van der Waals surface area contributed by atoms with Crippen LogP contribution in [0, 0.1) is 0 Å². The average molecular weight is 300 g/mol. The number of nitrogens with zero attached hydrogens (tertiary/aromatic N) is 1. The first-order chi connectivity index (χ1) is 8.85. The second-order valence-electron chi connectivity index (χ2n) is 3.86. The number of primary sulfonamides is 1. The molecule has 0 fully saturated rings. The Kier molecular flexibility index (Phi) is 3.69. The summed E-state index contributed by atoms with van der Waals surface area (Å²) in [6, 6.07) is 4.96. The van der Waals surface area contributed by atoms with Gasteiger partial charge in [-0.2, -0.15) is 0 Å². The lowest BCUT2D eigenvalue weighted by atomic mass is 10.2. The summed E-state index contributed by atoms with van der Waals surface area (Å²) in [6.45, 7) is -0.0272. The lowest BCUT2D eigenvalue weighted by Gasteiger charge is -2.04. The quantitative estimate of drug-likeness (QED) is 0.726. The number of hydrogen-bond donors (Lipinski definition) is 3. The number of anilines is 1. The van der Waals surface area contributed by atoms with Gasteiger partial charge in [0.15, 0.2) is 5.13 Å². The lowest BCUT2D eigenvalue weighted by Crippen LogP contribution is -2.31. The SMILES string of the molecule is Nc1nc2ccc(C(=O)NCCS(N)(=O)=O)cc2s1. The highest BCUT2D eigenvalue weighted by molar-refractivity contribution is 7.89. The molecule has 102 valence electrons. The average Bonchev–Trinajstić information content (AvgIpc) is 2.65. The van der Waals surface area contributed by atoms with Gasteiger partial charge in [-0.3, -0.25) is 4.79 Å². The fourth-order valence-corrected chi connectivity index (χ4v) is 2.65. The van der Waals surface area contributed by atoms with Gasteiger partial charge in [0.25, 0.3) is 5.91 Å². The number of sulfonamides is 1. The van der Waals surface area contributed by atoms with E-state index < -0.39 is 10.0 Å². The number of hydrogen-bond acceptors (Lipinski definition) is 6. The molecule has 0 aliphatic carbocycles. The maximum atomic E-state index is 11.8. The molecular formula is C10H12N4O3S2. The second-order valence-corrected chi connectivity index (χ2v) is 6.65. The van der Waals surface area contributed by atoms with Gasteiger partial charge >= 0.3 is 0 Å². The van der Waals surface area contributed by atoms with Gasteiger partial charge in [0.1, 0.15) is 0 Å². The van der Waals surface area contributed by atoms with Gasteiger partial charge in [-0.15, -0.1) is 0 Å². The van der Waals surface area contributed by atoms with Crippen LogP contribution in [-0.4, -0.2) is 31.6 Å². The molecule has 1 aromatic carbocycles. The molecular weight excluding hydrogens is 288 g/mol. The largest absolute Gasteiger partial charge is 0.375 e. The lowest BCUT2D eigenvalue weighted by molar-refractivity contribution is 0.0956. The fraction of sp³-hybridized carbons (Fsp3) is 0.200. The summed E-state index contributed by atoms with van der Waals surface area (Å²) in [7, 11) is -3.57. The van der Waals surface area contributed by atoms with Crippen molar-refractivity contribution in [3.63, 3.8) is 0 Å². The summed E-state index contributed by atoms with van der Waals surface area (Å²) < 4.78 is 22.3. The highest BCUT2D eigenvalue weighted by Crippen LogP contribution is 2.24. The molecule has 0 radical (unpaired) electrons. The van der Waals surface area contributed by atoms with E-state index in [1.807, 2.05) is 0 Å². The Labute approximate surface area is 113 Å². The molecule has 9 heteroatoms. The number of benzene rings is 1. The van der Waals surface area contributed by atoms with E-state index in [1.54, 1.807) is 18.2 Å². The van der Waals surface area contributed by atoms with Crippen LogP contribution in [0.3, 0.4) is 0 Å². The molecule has 0 unspecified atom stereocenters. The third-order valence-electron chi connectivity index (χ3n) is 2.34. The Morgan fingerprint density at radius 3 is 2.84 bits per heavy atom. The van der Waals surface area contributed by atoms with Crippen molar-refractivity contribution in [2.24, 2.45) is 5.14 Å². The number of thiazole rings is 1. The molecule has 7 nitrogen and oxygen atoms in total. The standard InChI is InChI=1S/C10H12N4O3S2/c11-10-14-7-2-1-6(5-8(7)18-10)9(15)13-3-4-19(12,16)17/h1-2,5H,3-4H2,(H2,11,14)(H,13,15)(H2,12,16,17). The Bertz CT molecular complexity index is 723. The van der Waals surface area contributed by atoms with E-state index >= 15 is 0 Å².